The van der Waals surface area contributed by atoms with Crippen LogP contribution in [0, 0.1) is 5.92 Å². The van der Waals surface area contributed by atoms with E-state index in [1.54, 1.807) is 13.8 Å². The van der Waals surface area contributed by atoms with Crippen molar-refractivity contribution in [3.8, 4) is 11.1 Å². The van der Waals surface area contributed by atoms with E-state index >= 15 is 0 Å². The molecule has 0 bridgehead atoms. The molecule has 2 aliphatic carbocycles. The SMILES string of the molecule is CC(C)(NC(=O)OCC1c2ccccc2-c2ccccc21)C(=O)N[C@@H]1CCC[C@@H](C(=O)O)C1. The Hall–Kier alpha value is -3.35. The van der Waals surface area contributed by atoms with Crippen molar-refractivity contribution in [1.29, 1.82) is 0 Å². The topological polar surface area (TPSA) is 105 Å². The van der Waals surface area contributed by atoms with E-state index < -0.39 is 23.5 Å². The summed E-state index contributed by atoms with van der Waals surface area (Å²) in [4.78, 5) is 36.7. The Kier molecular flexibility index (Phi) is 6.40. The van der Waals surface area contributed by atoms with Crippen molar-refractivity contribution in [1.82, 2.24) is 10.6 Å². The molecule has 0 aromatic heterocycles. The number of alkyl carbamates (subject to hydrolysis) is 1. The minimum atomic E-state index is -1.20. The molecule has 4 rings (SSSR count). The fraction of sp³-hybridized carbons (Fsp3) is 0.423. The van der Waals surface area contributed by atoms with Crippen LogP contribution in [0.4, 0.5) is 4.79 Å². The summed E-state index contributed by atoms with van der Waals surface area (Å²) in [6.07, 6.45) is 1.85. The van der Waals surface area contributed by atoms with Crippen molar-refractivity contribution >= 4 is 18.0 Å². The molecular formula is C26H30N2O5. The van der Waals surface area contributed by atoms with Crippen molar-refractivity contribution in [3.63, 3.8) is 0 Å². The van der Waals surface area contributed by atoms with Crippen LogP contribution < -0.4 is 10.6 Å². The first kappa shape index (κ1) is 22.8. The lowest BCUT2D eigenvalue weighted by Crippen LogP contribution is -2.57. The van der Waals surface area contributed by atoms with Crippen molar-refractivity contribution < 1.29 is 24.2 Å². The van der Waals surface area contributed by atoms with Gasteiger partial charge in [0.1, 0.15) is 12.1 Å². The molecule has 0 unspecified atom stereocenters. The molecule has 2 aromatic rings. The van der Waals surface area contributed by atoms with E-state index in [1.807, 2.05) is 36.4 Å². The number of fused-ring (bicyclic) bond motifs is 3. The van der Waals surface area contributed by atoms with E-state index in [0.717, 1.165) is 35.1 Å². The summed E-state index contributed by atoms with van der Waals surface area (Å²) >= 11 is 0. The van der Waals surface area contributed by atoms with E-state index in [1.165, 1.54) is 0 Å². The van der Waals surface area contributed by atoms with Crippen LogP contribution in [0.15, 0.2) is 48.5 Å². The largest absolute Gasteiger partial charge is 0.481 e. The third-order valence-electron chi connectivity index (χ3n) is 6.68. The van der Waals surface area contributed by atoms with Crippen molar-refractivity contribution in [2.24, 2.45) is 5.92 Å². The summed E-state index contributed by atoms with van der Waals surface area (Å²) in [5.41, 5.74) is 3.34. The molecule has 1 saturated carbocycles. The monoisotopic (exact) mass is 450 g/mol. The fourth-order valence-corrected chi connectivity index (χ4v) is 4.86. The van der Waals surface area contributed by atoms with Gasteiger partial charge in [-0.3, -0.25) is 9.59 Å². The summed E-state index contributed by atoms with van der Waals surface area (Å²) in [5, 5.41) is 14.8. The number of hydrogen-bond donors (Lipinski definition) is 3. The summed E-state index contributed by atoms with van der Waals surface area (Å²) in [6.45, 7) is 3.39. The maximum Gasteiger partial charge on any atom is 0.408 e. The number of hydrogen-bond acceptors (Lipinski definition) is 4. The van der Waals surface area contributed by atoms with Crippen molar-refractivity contribution in [3.05, 3.63) is 59.7 Å². The Morgan fingerprint density at radius 2 is 1.61 bits per heavy atom. The minimum Gasteiger partial charge on any atom is -0.481 e. The van der Waals surface area contributed by atoms with E-state index in [2.05, 4.69) is 22.8 Å². The predicted octanol–water partition coefficient (Wildman–Crippen LogP) is 4.06. The second-order valence-electron chi connectivity index (χ2n) is 9.45. The summed E-state index contributed by atoms with van der Waals surface area (Å²) in [7, 11) is 0. The van der Waals surface area contributed by atoms with Gasteiger partial charge < -0.3 is 20.5 Å². The third kappa shape index (κ3) is 4.87. The lowest BCUT2D eigenvalue weighted by Gasteiger charge is -2.31. The third-order valence-corrected chi connectivity index (χ3v) is 6.68. The molecule has 3 N–H and O–H groups in total. The Morgan fingerprint density at radius 1 is 1.00 bits per heavy atom. The van der Waals surface area contributed by atoms with Gasteiger partial charge in [0, 0.05) is 12.0 Å². The van der Waals surface area contributed by atoms with Crippen LogP contribution in [0.2, 0.25) is 0 Å². The molecule has 0 saturated heterocycles. The zero-order chi connectivity index (χ0) is 23.6. The maximum absolute atomic E-state index is 12.8. The van der Waals surface area contributed by atoms with Crippen LogP contribution in [0.25, 0.3) is 11.1 Å². The maximum atomic E-state index is 12.8. The number of carbonyl (C=O) groups excluding carboxylic acids is 2. The van der Waals surface area contributed by atoms with Crippen LogP contribution in [0.1, 0.15) is 56.6 Å². The molecule has 7 nitrogen and oxygen atoms in total. The number of carboxylic acids is 1. The molecular weight excluding hydrogens is 420 g/mol. The number of nitrogens with one attached hydrogen (secondary N) is 2. The fourth-order valence-electron chi connectivity index (χ4n) is 4.86. The Labute approximate surface area is 193 Å². The summed E-state index contributed by atoms with van der Waals surface area (Å²) < 4.78 is 5.56. The van der Waals surface area contributed by atoms with Gasteiger partial charge >= 0.3 is 12.1 Å². The molecule has 2 aromatic carbocycles. The Morgan fingerprint density at radius 3 is 2.21 bits per heavy atom. The molecule has 7 heteroatoms. The van der Waals surface area contributed by atoms with Gasteiger partial charge in [-0.25, -0.2) is 4.79 Å². The second-order valence-corrected chi connectivity index (χ2v) is 9.45. The van der Waals surface area contributed by atoms with E-state index in [9.17, 15) is 19.5 Å². The Bertz CT molecular complexity index is 1020. The van der Waals surface area contributed by atoms with Gasteiger partial charge in [-0.15, -0.1) is 0 Å². The highest BCUT2D eigenvalue weighted by Gasteiger charge is 2.35. The highest BCUT2D eigenvalue weighted by atomic mass is 16.5. The number of rotatable bonds is 6. The van der Waals surface area contributed by atoms with Gasteiger partial charge in [-0.05, 0) is 55.4 Å². The van der Waals surface area contributed by atoms with Gasteiger partial charge in [-0.1, -0.05) is 55.0 Å². The van der Waals surface area contributed by atoms with Crippen molar-refractivity contribution in [2.75, 3.05) is 6.61 Å². The molecule has 0 aliphatic heterocycles. The Balaban J connectivity index is 1.35. The predicted molar refractivity (Wildman–Crippen MR) is 124 cm³/mol. The molecule has 2 amide bonds. The minimum absolute atomic E-state index is 0.0599. The zero-order valence-corrected chi connectivity index (χ0v) is 19.0. The molecule has 174 valence electrons. The summed E-state index contributed by atoms with van der Waals surface area (Å²) in [6, 6.07) is 16.0. The van der Waals surface area contributed by atoms with E-state index in [4.69, 9.17) is 4.74 Å². The molecule has 2 atom stereocenters. The normalized spacial score (nSPS) is 19.8. The number of ether oxygens (including phenoxy) is 1. The van der Waals surface area contributed by atoms with Crippen LogP contribution in [0.5, 0.6) is 0 Å². The van der Waals surface area contributed by atoms with Crippen LogP contribution >= 0.6 is 0 Å². The number of amides is 2. The van der Waals surface area contributed by atoms with E-state index in [0.29, 0.717) is 12.8 Å². The van der Waals surface area contributed by atoms with Gasteiger partial charge in [0.15, 0.2) is 0 Å². The zero-order valence-electron chi connectivity index (χ0n) is 19.0. The smallest absolute Gasteiger partial charge is 0.408 e. The van der Waals surface area contributed by atoms with Crippen LogP contribution in [-0.2, 0) is 14.3 Å². The van der Waals surface area contributed by atoms with Gasteiger partial charge in [0.25, 0.3) is 0 Å². The van der Waals surface area contributed by atoms with Gasteiger partial charge in [0.2, 0.25) is 5.91 Å². The summed E-state index contributed by atoms with van der Waals surface area (Å²) in [5.74, 6) is -1.69. The number of benzene rings is 2. The second kappa shape index (κ2) is 9.25. The first-order chi connectivity index (χ1) is 15.8. The lowest BCUT2D eigenvalue weighted by atomic mass is 9.85. The van der Waals surface area contributed by atoms with Gasteiger partial charge in [-0.2, -0.15) is 0 Å². The first-order valence-corrected chi connectivity index (χ1v) is 11.4. The van der Waals surface area contributed by atoms with Gasteiger partial charge in [0.05, 0.1) is 5.92 Å². The average molecular weight is 451 g/mol. The number of carboxylic acid groups (broad SMARTS) is 1. The van der Waals surface area contributed by atoms with Crippen LogP contribution in [0.3, 0.4) is 0 Å². The number of carbonyl (C=O) groups is 3. The highest BCUT2D eigenvalue weighted by Crippen LogP contribution is 2.44. The molecule has 0 heterocycles. The standard InChI is InChI=1S/C26H30N2O5/c1-26(2,24(31)27-17-9-7-8-16(14-17)23(29)30)28-25(32)33-15-22-20-12-5-3-10-18(20)19-11-4-6-13-21(19)22/h3-6,10-13,16-17,22H,7-9,14-15H2,1-2H3,(H,27,31)(H,28,32)(H,29,30)/t16-,17-/m1/s1. The lowest BCUT2D eigenvalue weighted by molar-refractivity contribution is -0.143. The molecule has 1 fully saturated rings. The molecule has 0 spiro atoms. The van der Waals surface area contributed by atoms with E-state index in [-0.39, 0.29) is 24.5 Å². The quantitative estimate of drug-likeness (QED) is 0.616. The van der Waals surface area contributed by atoms with Crippen molar-refractivity contribution in [2.45, 2.75) is 57.0 Å². The molecule has 33 heavy (non-hydrogen) atoms. The average Bonchev–Trinajstić information content (AvgIpc) is 3.11. The first-order valence-electron chi connectivity index (χ1n) is 11.4. The molecule has 0 radical (unpaired) electrons. The number of aliphatic carboxylic acids is 1. The molecule has 2 aliphatic rings. The highest BCUT2D eigenvalue weighted by molar-refractivity contribution is 5.89. The van der Waals surface area contributed by atoms with Crippen LogP contribution in [-0.4, -0.2) is 41.3 Å².